The summed E-state index contributed by atoms with van der Waals surface area (Å²) in [5, 5.41) is 18.9. The zero-order valence-electron chi connectivity index (χ0n) is 15.6. The summed E-state index contributed by atoms with van der Waals surface area (Å²) in [6.45, 7) is 2.03. The summed E-state index contributed by atoms with van der Waals surface area (Å²) in [4.78, 5) is 25.0. The van der Waals surface area contributed by atoms with Crippen molar-refractivity contribution in [2.45, 2.75) is 58.0 Å². The monoisotopic (exact) mass is 454 g/mol. The van der Waals surface area contributed by atoms with E-state index in [4.69, 9.17) is 5.11 Å². The van der Waals surface area contributed by atoms with Crippen LogP contribution in [-0.4, -0.2) is 28.1 Å². The number of aryl methyl sites for hydroxylation is 1. The van der Waals surface area contributed by atoms with Gasteiger partial charge in [-0.1, -0.05) is 18.2 Å². The first-order chi connectivity index (χ1) is 12.9. The standard InChI is InChI=1S/C21H27BrO4S/c1-14-19(22)13-17(27-14)12-16(23)10-8-15-9-11-20(24)18(15)6-4-2-3-5-7-21(25)26/h2,4,8,10,13,15,18,20,24H,3,5-7,9,11-12H2,1H3,(H,25,26)/t15-,18+,20?/m0/s1. The molecule has 1 aliphatic carbocycles. The van der Waals surface area contributed by atoms with E-state index < -0.39 is 5.97 Å². The molecule has 1 saturated carbocycles. The van der Waals surface area contributed by atoms with Crippen molar-refractivity contribution >= 4 is 39.0 Å². The SMILES string of the molecule is Cc1sc(CC(=O)C=C[C@H]2CCC(O)[C@@H]2CC=CCCCC(=O)O)cc1Br. The molecule has 0 saturated heterocycles. The number of rotatable bonds is 10. The second kappa shape index (κ2) is 10.9. The van der Waals surface area contributed by atoms with Crippen LogP contribution in [-0.2, 0) is 16.0 Å². The lowest BCUT2D eigenvalue weighted by Crippen LogP contribution is -2.17. The summed E-state index contributed by atoms with van der Waals surface area (Å²) in [6, 6.07) is 2.00. The first-order valence-electron chi connectivity index (χ1n) is 9.37. The van der Waals surface area contributed by atoms with Gasteiger partial charge in [-0.25, -0.2) is 0 Å². The Labute approximate surface area is 173 Å². The normalized spacial score (nSPS) is 22.9. The quantitative estimate of drug-likeness (QED) is 0.293. The fourth-order valence-corrected chi connectivity index (χ4v) is 5.07. The molecule has 1 unspecified atom stereocenters. The van der Waals surface area contributed by atoms with Crippen LogP contribution in [0.5, 0.6) is 0 Å². The molecule has 1 aliphatic rings. The number of hydrogen-bond acceptors (Lipinski definition) is 4. The number of carbonyl (C=O) groups excluding carboxylic acids is 1. The third-order valence-corrected chi connectivity index (χ3v) is 7.10. The number of halogens is 1. The minimum absolute atomic E-state index is 0.0908. The number of carboxylic acid groups (broad SMARTS) is 1. The molecule has 2 N–H and O–H groups in total. The highest BCUT2D eigenvalue weighted by atomic mass is 79.9. The maximum Gasteiger partial charge on any atom is 0.303 e. The van der Waals surface area contributed by atoms with Crippen LogP contribution in [0, 0.1) is 18.8 Å². The molecule has 1 heterocycles. The van der Waals surface area contributed by atoms with E-state index >= 15 is 0 Å². The molecule has 0 spiro atoms. The van der Waals surface area contributed by atoms with Crippen LogP contribution in [0.25, 0.3) is 0 Å². The van der Waals surface area contributed by atoms with Gasteiger partial charge in [0, 0.05) is 27.1 Å². The molecule has 3 atom stereocenters. The van der Waals surface area contributed by atoms with Gasteiger partial charge in [-0.2, -0.15) is 0 Å². The van der Waals surface area contributed by atoms with E-state index in [2.05, 4.69) is 15.9 Å². The largest absolute Gasteiger partial charge is 0.481 e. The molecule has 148 valence electrons. The Morgan fingerprint density at radius 2 is 2.11 bits per heavy atom. The van der Waals surface area contributed by atoms with E-state index in [1.807, 2.05) is 31.2 Å². The second-order valence-electron chi connectivity index (χ2n) is 7.08. The number of ketones is 1. The van der Waals surface area contributed by atoms with Gasteiger partial charge in [0.2, 0.25) is 0 Å². The van der Waals surface area contributed by atoms with E-state index in [0.29, 0.717) is 12.8 Å². The molecule has 0 aromatic carbocycles. The van der Waals surface area contributed by atoms with Gasteiger partial charge >= 0.3 is 5.97 Å². The molecule has 4 nitrogen and oxygen atoms in total. The molecule has 0 amide bonds. The number of carbonyl (C=O) groups is 2. The zero-order valence-corrected chi connectivity index (χ0v) is 18.0. The van der Waals surface area contributed by atoms with Gasteiger partial charge in [-0.05, 0) is 78.9 Å². The van der Waals surface area contributed by atoms with Crippen LogP contribution in [0.1, 0.15) is 48.3 Å². The molecule has 0 aliphatic heterocycles. The Balaban J connectivity index is 1.82. The average molecular weight is 455 g/mol. The van der Waals surface area contributed by atoms with Gasteiger partial charge in [-0.3, -0.25) is 9.59 Å². The van der Waals surface area contributed by atoms with Crippen LogP contribution >= 0.6 is 27.3 Å². The van der Waals surface area contributed by atoms with Crippen LogP contribution < -0.4 is 0 Å². The Morgan fingerprint density at radius 1 is 1.33 bits per heavy atom. The summed E-state index contributed by atoms with van der Waals surface area (Å²) in [7, 11) is 0. The third-order valence-electron chi connectivity index (χ3n) is 4.96. The molecule has 0 bridgehead atoms. The van der Waals surface area contributed by atoms with E-state index in [9.17, 15) is 14.7 Å². The Hall–Kier alpha value is -1.24. The predicted molar refractivity (Wildman–Crippen MR) is 112 cm³/mol. The summed E-state index contributed by atoms with van der Waals surface area (Å²) < 4.78 is 1.05. The molecule has 0 radical (unpaired) electrons. The molecule has 1 fully saturated rings. The van der Waals surface area contributed by atoms with Gasteiger partial charge in [0.25, 0.3) is 0 Å². The van der Waals surface area contributed by atoms with Gasteiger partial charge in [-0.15, -0.1) is 11.3 Å². The minimum Gasteiger partial charge on any atom is -0.481 e. The number of allylic oxidation sites excluding steroid dienone is 4. The lowest BCUT2D eigenvalue weighted by Gasteiger charge is -2.17. The highest BCUT2D eigenvalue weighted by Gasteiger charge is 2.32. The summed E-state index contributed by atoms with van der Waals surface area (Å²) in [5.41, 5.74) is 0. The lowest BCUT2D eigenvalue weighted by molar-refractivity contribution is -0.137. The van der Waals surface area contributed by atoms with Gasteiger partial charge < -0.3 is 10.2 Å². The van der Waals surface area contributed by atoms with Gasteiger partial charge in [0.15, 0.2) is 5.78 Å². The number of aliphatic hydroxyl groups is 1. The van der Waals surface area contributed by atoms with Crippen molar-refractivity contribution in [2.75, 3.05) is 0 Å². The molecule has 27 heavy (non-hydrogen) atoms. The Kier molecular flexibility index (Phi) is 8.93. The smallest absolute Gasteiger partial charge is 0.303 e. The zero-order chi connectivity index (χ0) is 19.8. The van der Waals surface area contributed by atoms with Crippen molar-refractivity contribution in [3.05, 3.63) is 44.6 Å². The number of hydrogen-bond donors (Lipinski definition) is 2. The molecule has 2 rings (SSSR count). The number of aliphatic carboxylic acids is 1. The third kappa shape index (κ3) is 7.35. The van der Waals surface area contributed by atoms with Crippen LogP contribution in [0.4, 0.5) is 0 Å². The Morgan fingerprint density at radius 3 is 2.78 bits per heavy atom. The van der Waals surface area contributed by atoms with E-state index in [0.717, 1.165) is 35.0 Å². The number of carboxylic acids is 1. The molecule has 1 aromatic rings. The molecule has 1 aromatic heterocycles. The molecule has 6 heteroatoms. The van der Waals surface area contributed by atoms with E-state index in [1.165, 1.54) is 4.88 Å². The Bertz CT molecular complexity index is 688. The number of aliphatic hydroxyl groups excluding tert-OH is 1. The summed E-state index contributed by atoms with van der Waals surface area (Å²) in [5.74, 6) is -0.338. The predicted octanol–water partition coefficient (Wildman–Crippen LogP) is 5.08. The molecular formula is C21H27BrO4S. The van der Waals surface area contributed by atoms with Crippen molar-refractivity contribution in [1.82, 2.24) is 0 Å². The second-order valence-corrected chi connectivity index (χ2v) is 9.28. The highest BCUT2D eigenvalue weighted by molar-refractivity contribution is 9.10. The minimum atomic E-state index is -0.769. The summed E-state index contributed by atoms with van der Waals surface area (Å²) in [6.07, 6.45) is 11.7. The first kappa shape index (κ1) is 22.1. The maximum atomic E-state index is 12.2. The van der Waals surface area contributed by atoms with Crippen LogP contribution in [0.3, 0.4) is 0 Å². The topological polar surface area (TPSA) is 74.6 Å². The van der Waals surface area contributed by atoms with Gasteiger partial charge in [0.1, 0.15) is 0 Å². The van der Waals surface area contributed by atoms with Crippen molar-refractivity contribution < 1.29 is 19.8 Å². The van der Waals surface area contributed by atoms with Crippen molar-refractivity contribution in [1.29, 1.82) is 0 Å². The fraction of sp³-hybridized carbons (Fsp3) is 0.524. The van der Waals surface area contributed by atoms with E-state index in [-0.39, 0.29) is 30.1 Å². The summed E-state index contributed by atoms with van der Waals surface area (Å²) >= 11 is 5.11. The number of unbranched alkanes of at least 4 members (excludes halogenated alkanes) is 1. The van der Waals surface area contributed by atoms with Crippen LogP contribution in [0.15, 0.2) is 34.8 Å². The average Bonchev–Trinajstić information content (AvgIpc) is 3.10. The lowest BCUT2D eigenvalue weighted by atomic mass is 9.90. The van der Waals surface area contributed by atoms with Crippen LogP contribution in [0.2, 0.25) is 0 Å². The van der Waals surface area contributed by atoms with Crippen molar-refractivity contribution in [3.63, 3.8) is 0 Å². The molecular weight excluding hydrogens is 428 g/mol. The van der Waals surface area contributed by atoms with Crippen molar-refractivity contribution in [2.24, 2.45) is 11.8 Å². The fourth-order valence-electron chi connectivity index (χ4n) is 3.46. The van der Waals surface area contributed by atoms with Crippen molar-refractivity contribution in [3.8, 4) is 0 Å². The number of thiophene rings is 1. The van der Waals surface area contributed by atoms with E-state index in [1.54, 1.807) is 17.4 Å². The van der Waals surface area contributed by atoms with Gasteiger partial charge in [0.05, 0.1) is 6.10 Å². The first-order valence-corrected chi connectivity index (χ1v) is 11.0. The maximum absolute atomic E-state index is 12.2. The highest BCUT2D eigenvalue weighted by Crippen LogP contribution is 2.36.